The summed E-state index contributed by atoms with van der Waals surface area (Å²) >= 11 is 0. The van der Waals surface area contributed by atoms with Crippen LogP contribution in [0.2, 0.25) is 0 Å². The van der Waals surface area contributed by atoms with Crippen LogP contribution >= 0.6 is 0 Å². The van der Waals surface area contributed by atoms with Gasteiger partial charge in [-0.3, -0.25) is 9.59 Å². The van der Waals surface area contributed by atoms with E-state index in [0.29, 0.717) is 5.75 Å². The number of ether oxygens (including phenoxy) is 2. The van der Waals surface area contributed by atoms with E-state index in [-0.39, 0.29) is 10.6 Å². The number of methoxy groups -OCH3 is 1. The zero-order chi connectivity index (χ0) is 23.7. The standard InChI is InChI=1S/C22H24N2O7S/c1-15(23-20(25)13-10-16-8-11-17(30-2)12-9-16)22(27)31-14-21(26)24-18-6-4-5-7-19(18)32(3,28)29/h4-13,15H,14H2,1-3H3,(H,23,25)(H,24,26). The fourth-order valence-corrected chi connectivity index (χ4v) is 3.39. The molecular weight excluding hydrogens is 436 g/mol. The molecule has 0 bridgehead atoms. The SMILES string of the molecule is COc1ccc(C=CC(=O)NC(C)C(=O)OCC(=O)Nc2ccccc2S(C)(=O)=O)cc1. The maximum Gasteiger partial charge on any atom is 0.328 e. The molecule has 170 valence electrons. The second-order valence-corrected chi connectivity index (χ2v) is 8.75. The molecule has 0 heterocycles. The van der Waals surface area contributed by atoms with Crippen molar-refractivity contribution in [3.63, 3.8) is 0 Å². The fourth-order valence-electron chi connectivity index (χ4n) is 2.55. The Morgan fingerprint density at radius 2 is 1.72 bits per heavy atom. The first-order valence-corrected chi connectivity index (χ1v) is 11.4. The summed E-state index contributed by atoms with van der Waals surface area (Å²) in [6, 6.07) is 11.9. The molecule has 1 atom stereocenters. The summed E-state index contributed by atoms with van der Waals surface area (Å²) in [5, 5.41) is 4.83. The number of benzene rings is 2. The zero-order valence-electron chi connectivity index (χ0n) is 17.8. The number of amides is 2. The summed E-state index contributed by atoms with van der Waals surface area (Å²) in [5.74, 6) is -1.36. The number of rotatable bonds is 9. The second kappa shape index (κ2) is 11.1. The van der Waals surface area contributed by atoms with E-state index in [1.54, 1.807) is 43.5 Å². The highest BCUT2D eigenvalue weighted by Gasteiger charge is 2.19. The van der Waals surface area contributed by atoms with Gasteiger partial charge >= 0.3 is 5.97 Å². The Labute approximate surface area is 186 Å². The molecule has 2 amide bonds. The summed E-state index contributed by atoms with van der Waals surface area (Å²) < 4.78 is 33.5. The second-order valence-electron chi connectivity index (χ2n) is 6.76. The van der Waals surface area contributed by atoms with Crippen molar-refractivity contribution in [1.82, 2.24) is 5.32 Å². The molecule has 0 aromatic heterocycles. The minimum Gasteiger partial charge on any atom is -0.497 e. The Balaban J connectivity index is 1.84. The number of sulfone groups is 1. The lowest BCUT2D eigenvalue weighted by molar-refractivity contribution is -0.149. The largest absolute Gasteiger partial charge is 0.497 e. The van der Waals surface area contributed by atoms with Gasteiger partial charge in [-0.1, -0.05) is 24.3 Å². The molecule has 9 nitrogen and oxygen atoms in total. The summed E-state index contributed by atoms with van der Waals surface area (Å²) in [6.45, 7) is 0.775. The molecule has 2 N–H and O–H groups in total. The van der Waals surface area contributed by atoms with E-state index in [4.69, 9.17) is 9.47 Å². The van der Waals surface area contributed by atoms with Crippen LogP contribution in [0, 0.1) is 0 Å². The van der Waals surface area contributed by atoms with Crippen molar-refractivity contribution in [1.29, 1.82) is 0 Å². The molecule has 10 heteroatoms. The molecule has 1 unspecified atom stereocenters. The first kappa shape index (κ1) is 24.6. The highest BCUT2D eigenvalue weighted by Crippen LogP contribution is 2.20. The molecule has 0 saturated carbocycles. The molecule has 0 aliphatic rings. The molecule has 2 aromatic rings. The number of carbonyl (C=O) groups is 3. The summed E-state index contributed by atoms with van der Waals surface area (Å²) in [7, 11) is -2.00. The number of hydrogen-bond donors (Lipinski definition) is 2. The number of carbonyl (C=O) groups excluding carboxylic acids is 3. The maximum absolute atomic E-state index is 12.1. The molecule has 2 aromatic carbocycles. The molecule has 0 fully saturated rings. The third-order valence-corrected chi connectivity index (χ3v) is 5.32. The van der Waals surface area contributed by atoms with Gasteiger partial charge in [0.25, 0.3) is 5.91 Å². The first-order valence-electron chi connectivity index (χ1n) is 9.48. The summed E-state index contributed by atoms with van der Waals surface area (Å²) in [5.41, 5.74) is 0.850. The third-order valence-electron chi connectivity index (χ3n) is 4.16. The Bertz CT molecular complexity index is 1110. The van der Waals surface area contributed by atoms with E-state index in [1.165, 1.54) is 31.2 Å². The molecule has 0 saturated heterocycles. The quantitative estimate of drug-likeness (QED) is 0.431. The number of hydrogen-bond acceptors (Lipinski definition) is 7. The van der Waals surface area contributed by atoms with Crippen LogP contribution in [0.25, 0.3) is 6.08 Å². The Morgan fingerprint density at radius 3 is 2.34 bits per heavy atom. The summed E-state index contributed by atoms with van der Waals surface area (Å²) in [4.78, 5) is 36.1. The van der Waals surface area contributed by atoms with E-state index in [9.17, 15) is 22.8 Å². The highest BCUT2D eigenvalue weighted by molar-refractivity contribution is 7.90. The van der Waals surface area contributed by atoms with Gasteiger partial charge in [0.15, 0.2) is 16.4 Å². The maximum atomic E-state index is 12.1. The van der Waals surface area contributed by atoms with Crippen LogP contribution in [-0.4, -0.2) is 52.2 Å². The molecule has 32 heavy (non-hydrogen) atoms. The number of anilines is 1. The summed E-state index contributed by atoms with van der Waals surface area (Å²) in [6.07, 6.45) is 3.85. The zero-order valence-corrected chi connectivity index (χ0v) is 18.6. The topological polar surface area (TPSA) is 128 Å². The minimum atomic E-state index is -3.55. The Kier molecular flexibility index (Phi) is 8.54. The third kappa shape index (κ3) is 7.55. The molecule has 0 radical (unpaired) electrons. The van der Waals surface area contributed by atoms with Crippen molar-refractivity contribution in [2.45, 2.75) is 17.9 Å². The van der Waals surface area contributed by atoms with Crippen molar-refractivity contribution < 1.29 is 32.3 Å². The van der Waals surface area contributed by atoms with E-state index < -0.39 is 40.3 Å². The molecular formula is C22H24N2O7S. The van der Waals surface area contributed by atoms with Crippen molar-refractivity contribution >= 4 is 39.4 Å². The van der Waals surface area contributed by atoms with Gasteiger partial charge < -0.3 is 20.1 Å². The van der Waals surface area contributed by atoms with Crippen LogP contribution in [0.15, 0.2) is 59.5 Å². The molecule has 0 aliphatic carbocycles. The van der Waals surface area contributed by atoms with Crippen molar-refractivity contribution in [3.05, 3.63) is 60.2 Å². The first-order chi connectivity index (χ1) is 15.1. The van der Waals surface area contributed by atoms with Gasteiger partial charge in [0, 0.05) is 12.3 Å². The van der Waals surface area contributed by atoms with Crippen LogP contribution in [-0.2, 0) is 29.0 Å². The molecule has 0 aliphatic heterocycles. The Hall–Kier alpha value is -3.66. The van der Waals surface area contributed by atoms with Crippen molar-refractivity contribution in [3.8, 4) is 5.75 Å². The lowest BCUT2D eigenvalue weighted by atomic mass is 10.2. The van der Waals surface area contributed by atoms with Gasteiger partial charge in [0.2, 0.25) is 5.91 Å². The predicted octanol–water partition coefficient (Wildman–Crippen LogP) is 1.80. The lowest BCUT2D eigenvalue weighted by Gasteiger charge is -2.13. The van der Waals surface area contributed by atoms with E-state index in [2.05, 4.69) is 10.6 Å². The average molecular weight is 461 g/mol. The number of nitrogens with one attached hydrogen (secondary N) is 2. The van der Waals surface area contributed by atoms with Crippen molar-refractivity contribution in [2.24, 2.45) is 0 Å². The molecule has 2 rings (SSSR count). The van der Waals surface area contributed by atoms with Gasteiger partial charge in [-0.2, -0.15) is 0 Å². The van der Waals surface area contributed by atoms with Gasteiger partial charge in [0.1, 0.15) is 11.8 Å². The Morgan fingerprint density at radius 1 is 1.06 bits per heavy atom. The monoisotopic (exact) mass is 460 g/mol. The van der Waals surface area contributed by atoms with Crippen LogP contribution in [0.3, 0.4) is 0 Å². The molecule has 0 spiro atoms. The van der Waals surface area contributed by atoms with Crippen LogP contribution in [0.5, 0.6) is 5.75 Å². The predicted molar refractivity (Wildman–Crippen MR) is 119 cm³/mol. The lowest BCUT2D eigenvalue weighted by Crippen LogP contribution is -2.39. The van der Waals surface area contributed by atoms with E-state index in [0.717, 1.165) is 11.8 Å². The van der Waals surface area contributed by atoms with Crippen LogP contribution in [0.1, 0.15) is 12.5 Å². The van der Waals surface area contributed by atoms with Gasteiger partial charge in [-0.25, -0.2) is 13.2 Å². The average Bonchev–Trinajstić information content (AvgIpc) is 2.76. The smallest absolute Gasteiger partial charge is 0.328 e. The van der Waals surface area contributed by atoms with E-state index >= 15 is 0 Å². The fraction of sp³-hybridized carbons (Fsp3) is 0.227. The normalized spacial score (nSPS) is 12.1. The minimum absolute atomic E-state index is 0.0519. The van der Waals surface area contributed by atoms with E-state index in [1.807, 2.05) is 0 Å². The van der Waals surface area contributed by atoms with Gasteiger partial charge in [0.05, 0.1) is 17.7 Å². The number of esters is 1. The highest BCUT2D eigenvalue weighted by atomic mass is 32.2. The van der Waals surface area contributed by atoms with Gasteiger partial charge in [-0.05, 0) is 42.8 Å². The van der Waals surface area contributed by atoms with Crippen LogP contribution in [0.4, 0.5) is 5.69 Å². The van der Waals surface area contributed by atoms with Crippen molar-refractivity contribution in [2.75, 3.05) is 25.3 Å². The van der Waals surface area contributed by atoms with Gasteiger partial charge in [-0.15, -0.1) is 0 Å². The number of para-hydroxylation sites is 1. The van der Waals surface area contributed by atoms with Crippen LogP contribution < -0.4 is 15.4 Å².